The summed E-state index contributed by atoms with van der Waals surface area (Å²) in [5.74, 6) is -0.301. The third-order valence-corrected chi connectivity index (χ3v) is 2.53. The lowest BCUT2D eigenvalue weighted by Gasteiger charge is -1.93. The molecule has 0 saturated carbocycles. The van der Waals surface area contributed by atoms with Gasteiger partial charge in [-0.2, -0.15) is 0 Å². The molecule has 0 spiro atoms. The number of rotatable bonds is 4. The van der Waals surface area contributed by atoms with Crippen LogP contribution < -0.4 is 0 Å². The predicted molar refractivity (Wildman–Crippen MR) is 76.7 cm³/mol. The van der Waals surface area contributed by atoms with E-state index in [4.69, 9.17) is 0 Å². The second kappa shape index (κ2) is 6.38. The number of allylic oxidation sites excluding steroid dienone is 1. The van der Waals surface area contributed by atoms with Gasteiger partial charge in [0, 0.05) is 18.3 Å². The van der Waals surface area contributed by atoms with Crippen LogP contribution in [0.2, 0.25) is 0 Å². The van der Waals surface area contributed by atoms with Gasteiger partial charge in [0.1, 0.15) is 5.82 Å². The van der Waals surface area contributed by atoms with Crippen LogP contribution in [0, 0.1) is 15.9 Å². The van der Waals surface area contributed by atoms with Gasteiger partial charge in [0.05, 0.1) is 10.6 Å². The molecule has 0 N–H and O–H groups in total. The molecule has 0 atom stereocenters. The van der Waals surface area contributed by atoms with Crippen molar-refractivity contribution < 1.29 is 9.31 Å². The molecule has 0 aliphatic rings. The van der Waals surface area contributed by atoms with E-state index < -0.39 is 4.92 Å². The lowest BCUT2D eigenvalue weighted by molar-refractivity contribution is -0.384. The SMILES string of the molecule is O=[N+]([O-])c1ccc(/C=C/C=Nc2ccc(F)cc2)cc1. The van der Waals surface area contributed by atoms with Crippen molar-refractivity contribution in [2.75, 3.05) is 0 Å². The number of nitro groups is 1. The van der Waals surface area contributed by atoms with Gasteiger partial charge in [-0.25, -0.2) is 4.39 Å². The average Bonchev–Trinajstić information content (AvgIpc) is 2.46. The molecule has 100 valence electrons. The number of nitro benzene ring substituents is 1. The first kappa shape index (κ1) is 13.6. The molecule has 2 aromatic rings. The molecule has 0 bridgehead atoms. The Labute approximate surface area is 115 Å². The summed E-state index contributed by atoms with van der Waals surface area (Å²) >= 11 is 0. The third-order valence-electron chi connectivity index (χ3n) is 2.53. The van der Waals surface area contributed by atoms with Crippen molar-refractivity contribution in [2.45, 2.75) is 0 Å². The number of benzene rings is 2. The van der Waals surface area contributed by atoms with Crippen molar-refractivity contribution in [3.8, 4) is 0 Å². The molecule has 2 aromatic carbocycles. The second-order valence-electron chi connectivity index (χ2n) is 3.96. The highest BCUT2D eigenvalue weighted by Gasteiger charge is 2.01. The van der Waals surface area contributed by atoms with Crippen molar-refractivity contribution in [1.82, 2.24) is 0 Å². The van der Waals surface area contributed by atoms with E-state index >= 15 is 0 Å². The highest BCUT2D eigenvalue weighted by atomic mass is 19.1. The van der Waals surface area contributed by atoms with Gasteiger partial charge in [-0.05, 0) is 48.0 Å². The number of nitrogens with zero attached hydrogens (tertiary/aromatic N) is 2. The Bertz CT molecular complexity index is 647. The number of aliphatic imine (C=N–C) groups is 1. The molecule has 4 nitrogen and oxygen atoms in total. The minimum Gasteiger partial charge on any atom is -0.258 e. The van der Waals surface area contributed by atoms with Crippen LogP contribution in [-0.2, 0) is 0 Å². The van der Waals surface area contributed by atoms with Crippen LogP contribution >= 0.6 is 0 Å². The Kier molecular flexibility index (Phi) is 4.34. The zero-order chi connectivity index (χ0) is 14.4. The van der Waals surface area contributed by atoms with Crippen LogP contribution in [0.1, 0.15) is 5.56 Å². The molecule has 20 heavy (non-hydrogen) atoms. The van der Waals surface area contributed by atoms with Gasteiger partial charge < -0.3 is 0 Å². The van der Waals surface area contributed by atoms with Crippen molar-refractivity contribution in [3.63, 3.8) is 0 Å². The lowest BCUT2D eigenvalue weighted by Crippen LogP contribution is -1.86. The Morgan fingerprint density at radius 1 is 1.05 bits per heavy atom. The molecule has 0 radical (unpaired) electrons. The quantitative estimate of drug-likeness (QED) is 0.476. The molecule has 0 heterocycles. The third kappa shape index (κ3) is 3.84. The zero-order valence-electron chi connectivity index (χ0n) is 10.4. The van der Waals surface area contributed by atoms with Crippen molar-refractivity contribution in [1.29, 1.82) is 0 Å². The summed E-state index contributed by atoms with van der Waals surface area (Å²) < 4.78 is 12.7. The van der Waals surface area contributed by atoms with Crippen LogP contribution in [0.4, 0.5) is 15.8 Å². The second-order valence-corrected chi connectivity index (χ2v) is 3.96. The molecule has 2 rings (SSSR count). The monoisotopic (exact) mass is 270 g/mol. The van der Waals surface area contributed by atoms with E-state index in [2.05, 4.69) is 4.99 Å². The summed E-state index contributed by atoms with van der Waals surface area (Å²) in [6, 6.07) is 12.0. The lowest BCUT2D eigenvalue weighted by atomic mass is 10.2. The van der Waals surface area contributed by atoms with Crippen LogP contribution in [-0.4, -0.2) is 11.1 Å². The normalized spacial score (nSPS) is 11.2. The summed E-state index contributed by atoms with van der Waals surface area (Å²) in [7, 11) is 0. The van der Waals surface area contributed by atoms with Crippen LogP contribution in [0.5, 0.6) is 0 Å². The maximum atomic E-state index is 12.7. The standard InChI is InChI=1S/C15H11FN2O2/c16-13-5-7-14(8-6-13)17-11-1-2-12-3-9-15(10-4-12)18(19)20/h1-11H/b2-1+,17-11?. The molecule has 0 fully saturated rings. The summed E-state index contributed by atoms with van der Waals surface area (Å²) in [4.78, 5) is 14.2. The van der Waals surface area contributed by atoms with Crippen LogP contribution in [0.3, 0.4) is 0 Å². The number of halogens is 1. The maximum absolute atomic E-state index is 12.7. The van der Waals surface area contributed by atoms with E-state index in [-0.39, 0.29) is 11.5 Å². The van der Waals surface area contributed by atoms with Crippen molar-refractivity contribution >= 4 is 23.7 Å². The Balaban J connectivity index is 1.99. The molecule has 0 aliphatic heterocycles. The van der Waals surface area contributed by atoms with Crippen molar-refractivity contribution in [3.05, 3.63) is 76.1 Å². The Morgan fingerprint density at radius 3 is 2.30 bits per heavy atom. The Morgan fingerprint density at radius 2 is 1.70 bits per heavy atom. The number of non-ortho nitro benzene ring substituents is 1. The summed E-state index contributed by atoms with van der Waals surface area (Å²) in [6.45, 7) is 0. The first-order chi connectivity index (χ1) is 9.65. The minimum atomic E-state index is -0.441. The van der Waals surface area contributed by atoms with Crippen LogP contribution in [0.15, 0.2) is 59.6 Å². The van der Waals surface area contributed by atoms with Gasteiger partial charge in [-0.1, -0.05) is 6.08 Å². The largest absolute Gasteiger partial charge is 0.269 e. The maximum Gasteiger partial charge on any atom is 0.269 e. The first-order valence-corrected chi connectivity index (χ1v) is 5.86. The van der Waals surface area contributed by atoms with E-state index in [1.54, 1.807) is 42.6 Å². The molecular formula is C15H11FN2O2. The van der Waals surface area contributed by atoms with E-state index in [1.807, 2.05) is 0 Å². The average molecular weight is 270 g/mol. The first-order valence-electron chi connectivity index (χ1n) is 5.86. The van der Waals surface area contributed by atoms with Gasteiger partial charge in [0.2, 0.25) is 0 Å². The van der Waals surface area contributed by atoms with E-state index in [9.17, 15) is 14.5 Å². The Hall–Kier alpha value is -2.82. The molecule has 0 aromatic heterocycles. The molecular weight excluding hydrogens is 259 g/mol. The van der Waals surface area contributed by atoms with E-state index in [1.165, 1.54) is 24.3 Å². The van der Waals surface area contributed by atoms with Crippen molar-refractivity contribution in [2.24, 2.45) is 4.99 Å². The predicted octanol–water partition coefficient (Wildman–Crippen LogP) is 4.15. The number of hydrogen-bond donors (Lipinski definition) is 0. The highest BCUT2D eigenvalue weighted by Crippen LogP contribution is 2.13. The number of hydrogen-bond acceptors (Lipinski definition) is 3. The molecule has 0 amide bonds. The highest BCUT2D eigenvalue weighted by molar-refractivity contribution is 5.80. The fourth-order valence-electron chi connectivity index (χ4n) is 1.52. The molecule has 0 aliphatic carbocycles. The van der Waals surface area contributed by atoms with Gasteiger partial charge >= 0.3 is 0 Å². The van der Waals surface area contributed by atoms with Gasteiger partial charge in [0.15, 0.2) is 0 Å². The molecule has 0 unspecified atom stereocenters. The summed E-state index contributed by atoms with van der Waals surface area (Å²) in [5, 5.41) is 10.5. The smallest absolute Gasteiger partial charge is 0.258 e. The van der Waals surface area contributed by atoms with Gasteiger partial charge in [-0.3, -0.25) is 15.1 Å². The van der Waals surface area contributed by atoms with Gasteiger partial charge in [0.25, 0.3) is 5.69 Å². The fourth-order valence-corrected chi connectivity index (χ4v) is 1.52. The summed E-state index contributed by atoms with van der Waals surface area (Å²) in [5.41, 5.74) is 1.54. The summed E-state index contributed by atoms with van der Waals surface area (Å²) in [6.07, 6.45) is 5.07. The van der Waals surface area contributed by atoms with E-state index in [0.717, 1.165) is 5.56 Å². The fraction of sp³-hybridized carbons (Fsp3) is 0. The molecule has 0 saturated heterocycles. The topological polar surface area (TPSA) is 55.5 Å². The zero-order valence-corrected chi connectivity index (χ0v) is 10.4. The van der Waals surface area contributed by atoms with Gasteiger partial charge in [-0.15, -0.1) is 0 Å². The van der Waals surface area contributed by atoms with Crippen LogP contribution in [0.25, 0.3) is 6.08 Å². The molecule has 5 heteroatoms. The van der Waals surface area contributed by atoms with E-state index in [0.29, 0.717) is 5.69 Å². The minimum absolute atomic E-state index is 0.0575.